The molecule has 0 aliphatic carbocycles. The Morgan fingerprint density at radius 2 is 1.88 bits per heavy atom. The van der Waals surface area contributed by atoms with Crippen molar-refractivity contribution in [3.63, 3.8) is 0 Å². The summed E-state index contributed by atoms with van der Waals surface area (Å²) in [5.74, 6) is 1.01. The molecular weight excluding hydrogens is 444 g/mol. The monoisotopic (exact) mass is 470 g/mol. The minimum atomic E-state index is -4.12. The first-order valence-corrected chi connectivity index (χ1v) is 12.9. The molecular formula is C24H26N2O4S2. The van der Waals surface area contributed by atoms with Crippen molar-refractivity contribution in [1.29, 1.82) is 0 Å². The maximum Gasteiger partial charge on any atom is 0.340 e. The lowest BCUT2D eigenvalue weighted by atomic mass is 9.89. The van der Waals surface area contributed by atoms with Crippen molar-refractivity contribution in [2.45, 2.75) is 56.9 Å². The summed E-state index contributed by atoms with van der Waals surface area (Å²) in [6, 6.07) is 8.28. The summed E-state index contributed by atoms with van der Waals surface area (Å²) in [5.41, 5.74) is 4.84. The first-order chi connectivity index (χ1) is 15.1. The van der Waals surface area contributed by atoms with Crippen molar-refractivity contribution in [3.05, 3.63) is 69.9 Å². The molecule has 1 unspecified atom stereocenters. The zero-order valence-electron chi connectivity index (χ0n) is 18.8. The van der Waals surface area contributed by atoms with E-state index in [9.17, 15) is 13.2 Å². The number of aryl methyl sites for hydroxylation is 3. The maximum absolute atomic E-state index is 13.6. The highest BCUT2D eigenvalue weighted by atomic mass is 32.2. The van der Waals surface area contributed by atoms with Crippen LogP contribution in [0.15, 0.2) is 46.3 Å². The van der Waals surface area contributed by atoms with Gasteiger partial charge in [0.15, 0.2) is 5.78 Å². The number of aromatic nitrogens is 2. The van der Waals surface area contributed by atoms with Crippen LogP contribution in [0.25, 0.3) is 0 Å². The van der Waals surface area contributed by atoms with Crippen molar-refractivity contribution in [1.82, 2.24) is 9.78 Å². The van der Waals surface area contributed by atoms with E-state index in [1.54, 1.807) is 12.1 Å². The van der Waals surface area contributed by atoms with Crippen molar-refractivity contribution in [3.8, 4) is 5.88 Å². The predicted octanol–water partition coefficient (Wildman–Crippen LogP) is 5.04. The van der Waals surface area contributed by atoms with Crippen molar-refractivity contribution < 1.29 is 17.4 Å². The average molecular weight is 471 g/mol. The molecule has 0 saturated carbocycles. The summed E-state index contributed by atoms with van der Waals surface area (Å²) in [6.07, 6.45) is 1.39. The number of fused-ring (bicyclic) bond motifs is 1. The fourth-order valence-corrected chi connectivity index (χ4v) is 6.40. The van der Waals surface area contributed by atoms with E-state index >= 15 is 0 Å². The van der Waals surface area contributed by atoms with Gasteiger partial charge in [0, 0.05) is 22.8 Å². The molecule has 2 heterocycles. The fourth-order valence-electron chi connectivity index (χ4n) is 4.08. The second-order valence-electron chi connectivity index (χ2n) is 8.18. The molecule has 0 spiro atoms. The molecule has 32 heavy (non-hydrogen) atoms. The number of hydrogen-bond donors (Lipinski definition) is 0. The summed E-state index contributed by atoms with van der Waals surface area (Å²) in [7, 11) is -4.12. The summed E-state index contributed by atoms with van der Waals surface area (Å²) in [6.45, 7) is 10.2. The number of rotatable bonds is 6. The third kappa shape index (κ3) is 3.86. The van der Waals surface area contributed by atoms with E-state index in [0.29, 0.717) is 18.0 Å². The molecule has 1 aliphatic heterocycles. The van der Waals surface area contributed by atoms with Gasteiger partial charge >= 0.3 is 10.1 Å². The van der Waals surface area contributed by atoms with Crippen molar-refractivity contribution in [2.24, 2.45) is 0 Å². The van der Waals surface area contributed by atoms with E-state index in [1.807, 2.05) is 45.5 Å². The Balaban J connectivity index is 1.78. The number of carbonyl (C=O) groups is 1. The normalized spacial score (nSPS) is 15.6. The molecule has 0 N–H and O–H groups in total. The topological polar surface area (TPSA) is 78.3 Å². The van der Waals surface area contributed by atoms with Gasteiger partial charge in [-0.15, -0.1) is 11.8 Å². The SMILES string of the molecule is CCn1ncc(C(=O)c2cc(C)c3c(c2C)C(C)CS3)c1OS(=O)(=O)c1ccc(C)cc1. The van der Waals surface area contributed by atoms with Gasteiger partial charge in [-0.3, -0.25) is 4.79 Å². The van der Waals surface area contributed by atoms with Crippen LogP contribution in [-0.2, 0) is 16.7 Å². The minimum absolute atomic E-state index is 0.0285. The zero-order valence-corrected chi connectivity index (χ0v) is 20.4. The highest BCUT2D eigenvalue weighted by Crippen LogP contribution is 2.44. The van der Waals surface area contributed by atoms with Crippen molar-refractivity contribution in [2.75, 3.05) is 5.75 Å². The van der Waals surface area contributed by atoms with Gasteiger partial charge < -0.3 is 4.18 Å². The minimum Gasteiger partial charge on any atom is -0.358 e. The molecule has 168 valence electrons. The van der Waals surface area contributed by atoms with E-state index in [2.05, 4.69) is 12.0 Å². The molecule has 6 nitrogen and oxygen atoms in total. The first kappa shape index (κ1) is 22.6. The van der Waals surface area contributed by atoms with E-state index in [4.69, 9.17) is 4.18 Å². The predicted molar refractivity (Wildman–Crippen MR) is 125 cm³/mol. The molecule has 1 aromatic heterocycles. The van der Waals surface area contributed by atoms with Crippen LogP contribution >= 0.6 is 11.8 Å². The van der Waals surface area contributed by atoms with Gasteiger partial charge in [-0.25, -0.2) is 4.68 Å². The third-order valence-electron chi connectivity index (χ3n) is 5.82. The number of ketones is 1. The highest BCUT2D eigenvalue weighted by Gasteiger charge is 2.30. The van der Waals surface area contributed by atoms with Gasteiger partial charge in [-0.1, -0.05) is 24.6 Å². The Bertz CT molecular complexity index is 1310. The summed E-state index contributed by atoms with van der Waals surface area (Å²) in [5, 5.41) is 4.21. The van der Waals surface area contributed by atoms with Crippen LogP contribution in [0.4, 0.5) is 0 Å². The smallest absolute Gasteiger partial charge is 0.340 e. The average Bonchev–Trinajstić information content (AvgIpc) is 3.34. The second-order valence-corrected chi connectivity index (χ2v) is 10.8. The number of carbonyl (C=O) groups excluding carboxylic acids is 1. The standard InChI is InChI=1S/C24H26N2O4S2/c1-6-26-24(30-32(28,29)18-9-7-14(2)8-10-18)20(12-25-26)22(27)19-11-15(3)23-21(17(19)5)16(4)13-31-23/h7-12,16H,6,13H2,1-5H3. The maximum atomic E-state index is 13.6. The molecule has 2 aromatic carbocycles. The Hall–Kier alpha value is -2.58. The van der Waals surface area contributed by atoms with E-state index in [1.165, 1.54) is 33.5 Å². The van der Waals surface area contributed by atoms with Gasteiger partial charge in [-0.05, 0) is 68.5 Å². The quantitative estimate of drug-likeness (QED) is 0.371. The summed E-state index contributed by atoms with van der Waals surface area (Å²) >= 11 is 1.82. The molecule has 0 saturated heterocycles. The van der Waals surface area contributed by atoms with Crippen LogP contribution in [0.3, 0.4) is 0 Å². The molecule has 8 heteroatoms. The summed E-state index contributed by atoms with van der Waals surface area (Å²) < 4.78 is 32.8. The van der Waals surface area contributed by atoms with Crippen LogP contribution in [0, 0.1) is 20.8 Å². The van der Waals surface area contributed by atoms with E-state index < -0.39 is 10.1 Å². The lowest BCUT2D eigenvalue weighted by Crippen LogP contribution is -2.16. The molecule has 0 bridgehead atoms. The fraction of sp³-hybridized carbons (Fsp3) is 0.333. The van der Waals surface area contributed by atoms with Crippen LogP contribution in [0.1, 0.15) is 57.9 Å². The Labute approximate surface area is 193 Å². The van der Waals surface area contributed by atoms with Crippen molar-refractivity contribution >= 4 is 27.7 Å². The molecule has 0 fully saturated rings. The first-order valence-electron chi connectivity index (χ1n) is 10.5. The molecule has 0 radical (unpaired) electrons. The van der Waals surface area contributed by atoms with Crippen LogP contribution < -0.4 is 4.18 Å². The Morgan fingerprint density at radius 1 is 1.19 bits per heavy atom. The lowest BCUT2D eigenvalue weighted by Gasteiger charge is -2.15. The highest BCUT2D eigenvalue weighted by molar-refractivity contribution is 7.99. The molecule has 3 aromatic rings. The molecule has 4 rings (SSSR count). The number of hydrogen-bond acceptors (Lipinski definition) is 6. The third-order valence-corrected chi connectivity index (χ3v) is 8.54. The Kier molecular flexibility index (Phi) is 5.94. The van der Waals surface area contributed by atoms with E-state index in [0.717, 1.165) is 22.4 Å². The summed E-state index contributed by atoms with van der Waals surface area (Å²) in [4.78, 5) is 14.9. The second kappa shape index (κ2) is 8.41. The van der Waals surface area contributed by atoms with Gasteiger partial charge in [0.05, 0.1) is 6.20 Å². The van der Waals surface area contributed by atoms with E-state index in [-0.39, 0.29) is 22.1 Å². The Morgan fingerprint density at radius 3 is 2.53 bits per heavy atom. The molecule has 1 aliphatic rings. The van der Waals surface area contributed by atoms with Crippen LogP contribution in [-0.4, -0.2) is 29.7 Å². The number of nitrogens with zero attached hydrogens (tertiary/aromatic N) is 2. The van der Waals surface area contributed by atoms with Crippen LogP contribution in [0.2, 0.25) is 0 Å². The van der Waals surface area contributed by atoms with Gasteiger partial charge in [-0.2, -0.15) is 13.5 Å². The van der Waals surface area contributed by atoms with Gasteiger partial charge in [0.1, 0.15) is 10.5 Å². The van der Waals surface area contributed by atoms with Gasteiger partial charge in [0.2, 0.25) is 5.88 Å². The number of thioether (sulfide) groups is 1. The number of benzene rings is 2. The largest absolute Gasteiger partial charge is 0.358 e. The lowest BCUT2D eigenvalue weighted by molar-refractivity contribution is 0.103. The van der Waals surface area contributed by atoms with Crippen LogP contribution in [0.5, 0.6) is 5.88 Å². The van der Waals surface area contributed by atoms with Gasteiger partial charge in [0.25, 0.3) is 0 Å². The molecule has 0 amide bonds. The zero-order chi connectivity index (χ0) is 23.2. The molecule has 1 atom stereocenters.